The van der Waals surface area contributed by atoms with Gasteiger partial charge in [-0.1, -0.05) is 0 Å². The summed E-state index contributed by atoms with van der Waals surface area (Å²) in [5.41, 5.74) is -7.00. The smallest absolute Gasteiger partial charge is 0.364 e. The third-order valence-corrected chi connectivity index (χ3v) is 22.7. The summed E-state index contributed by atoms with van der Waals surface area (Å²) in [6.07, 6.45) is -96.0. The highest BCUT2D eigenvalue weighted by Gasteiger charge is 2.66. The van der Waals surface area contributed by atoms with Gasteiger partial charge in [0.25, 0.3) is 11.6 Å². The highest BCUT2D eigenvalue weighted by atomic mass is 16.8. The zero-order valence-electron chi connectivity index (χ0n) is 67.8. The molecule has 0 bridgehead atoms. The van der Waals surface area contributed by atoms with E-state index in [2.05, 4.69) is 10.6 Å². The second-order valence-corrected chi connectivity index (χ2v) is 31.7. The Kier molecular flexibility index (Phi) is 36.6. The number of nitrogens with one attached hydrogen (secondary N) is 4. The molecule has 9 rings (SSSR count). The van der Waals surface area contributed by atoms with Crippen LogP contribution in [-0.4, -0.2) is 542 Å². The van der Waals surface area contributed by atoms with E-state index in [9.17, 15) is 182 Å². The maximum Gasteiger partial charge on any atom is 0.364 e. The van der Waals surface area contributed by atoms with E-state index in [1.54, 1.807) is 0 Å². The van der Waals surface area contributed by atoms with E-state index in [0.29, 0.717) is 0 Å². The summed E-state index contributed by atoms with van der Waals surface area (Å²) >= 11 is 0. The van der Waals surface area contributed by atoms with Crippen LogP contribution < -0.4 is 21.3 Å². The molecule has 0 unspecified atom stereocenters. The summed E-state index contributed by atoms with van der Waals surface area (Å²) in [5, 5.41) is 342. The molecule has 9 fully saturated rings. The van der Waals surface area contributed by atoms with Crippen molar-refractivity contribution in [1.82, 2.24) is 21.3 Å². The fourth-order valence-corrected chi connectivity index (χ4v) is 15.9. The van der Waals surface area contributed by atoms with E-state index in [4.69, 9.17) is 85.3 Å². The van der Waals surface area contributed by atoms with Gasteiger partial charge in [0.2, 0.25) is 47.7 Å². The highest BCUT2D eigenvalue weighted by Crippen LogP contribution is 2.43. The molecule has 9 aliphatic rings. The van der Waals surface area contributed by atoms with Crippen LogP contribution in [0.3, 0.4) is 0 Å². The number of methoxy groups -OCH3 is 1. The summed E-state index contributed by atoms with van der Waals surface area (Å²) < 4.78 is 103. The lowest BCUT2D eigenvalue weighted by Gasteiger charge is -2.53. The van der Waals surface area contributed by atoms with Gasteiger partial charge in [0, 0.05) is 47.6 Å². The van der Waals surface area contributed by atoms with Crippen molar-refractivity contribution in [2.24, 2.45) is 0 Å². The Bertz CT molecular complexity index is 3580. The van der Waals surface area contributed by atoms with Crippen LogP contribution in [0.5, 0.6) is 0 Å². The number of rotatable bonds is 36. The van der Waals surface area contributed by atoms with Crippen LogP contribution in [0.2, 0.25) is 0 Å². The van der Waals surface area contributed by atoms with Gasteiger partial charge in [0.15, 0.2) is 31.5 Å². The van der Waals surface area contributed by atoms with Crippen molar-refractivity contribution >= 4 is 35.6 Å². The molecule has 0 aliphatic carbocycles. The predicted molar refractivity (Wildman–Crippen MR) is 385 cm³/mol. The fourth-order valence-electron chi connectivity index (χ4n) is 15.9. The molecule has 0 aromatic carbocycles. The molecule has 9 heterocycles. The van der Waals surface area contributed by atoms with Gasteiger partial charge in [-0.15, -0.1) is 0 Å². The summed E-state index contributed by atoms with van der Waals surface area (Å²) in [4.78, 5) is 76.2. The largest absolute Gasteiger partial charge is 0.477 e. The number of hydrogen-bond acceptors (Lipinski definition) is 52. The van der Waals surface area contributed by atoms with E-state index < -0.39 is 395 Å². The summed E-state index contributed by atoms with van der Waals surface area (Å²) in [6.45, 7) is -7.63. The quantitative estimate of drug-likeness (QED) is 0.0259. The molecule has 9 saturated heterocycles. The Balaban J connectivity index is 0.919. The number of carbonyl (C=O) groups is 6. The Morgan fingerprint density at radius 2 is 0.709 bits per heavy atom. The maximum absolute atomic E-state index is 13.1. The molecule has 0 saturated carbocycles. The normalized spacial score (nSPS) is 46.7. The van der Waals surface area contributed by atoms with Gasteiger partial charge in [0.1, 0.15) is 195 Å². The first kappa shape index (κ1) is 106. The molecule has 9 aliphatic heterocycles. The van der Waals surface area contributed by atoms with E-state index >= 15 is 0 Å². The van der Waals surface area contributed by atoms with Crippen LogP contribution >= 0.6 is 0 Å². The van der Waals surface area contributed by atoms with Crippen molar-refractivity contribution in [3.63, 3.8) is 0 Å². The molecular formula is C69H114N4O54. The van der Waals surface area contributed by atoms with Crippen LogP contribution in [-0.2, 0) is 114 Å². The lowest BCUT2D eigenvalue weighted by atomic mass is 9.88. The van der Waals surface area contributed by atoms with Crippen LogP contribution in [0.1, 0.15) is 40.5 Å². The van der Waals surface area contributed by atoms with Crippen molar-refractivity contribution in [3.8, 4) is 0 Å². The van der Waals surface area contributed by atoms with Crippen molar-refractivity contribution in [2.75, 3.05) is 66.6 Å². The van der Waals surface area contributed by atoms with Crippen LogP contribution in [0.15, 0.2) is 0 Å². The standard InChI is InChI=1S/C69H114N4O54/c1-17(80)70-32-21(84)6-66(62(104)105,126-50(32)34(88)23(86)8-74)112-15-30-38(92)41(95)45(99)58(117-30)121-48-27(12-78)119-64(68(108,55(48)102)72-19(3)82)124-53-43(97)36(90)25(10-76)114-60(53)111-14-29-40(94)52(47(101)57(110-5)116-29)123-61-54(44(98)37(91)26(11-77)115-61)125-65-69(109,73-20(4)83)56(103)49(28(13-79)120-65)122-59-46(100)42(96)39(93)31(118-59)16-113-67(63(106)107)7-22(85)33(71-18(2)81)51(127-67)35(89)24(87)9-75/h21-61,64-65,74-79,84-103,108-109H,6-16H2,1-5H3,(H,70,80)(H,71,81)(H,72,82)(H,73,83)(H,104,105)(H,106,107)/t21-,22-,23+,24+,25+,26+,27+,28+,29+,30+,31+,32+,33+,34+,35+,36+,37+,38-,39-,40+,41-,42-,43-,44-,45+,46+,47-,48+,49+,50+,51+,52-,53-,54-,55-,56-,57-,58-,59-,60-,61+,64-,65-,66+,67+,68+,69+/m0/s1. The number of carboxylic acids is 2. The molecule has 58 nitrogen and oxygen atoms in total. The van der Waals surface area contributed by atoms with Crippen molar-refractivity contribution < 1.29 is 267 Å². The zero-order valence-corrected chi connectivity index (χ0v) is 67.8. The third-order valence-electron chi connectivity index (χ3n) is 22.7. The van der Waals surface area contributed by atoms with E-state index in [0.717, 1.165) is 34.8 Å². The molecule has 734 valence electrons. The van der Waals surface area contributed by atoms with Crippen LogP contribution in [0, 0.1) is 0 Å². The fraction of sp³-hybridized carbons (Fsp3) is 0.913. The van der Waals surface area contributed by atoms with E-state index in [1.807, 2.05) is 10.6 Å². The molecular weight excluding hydrogens is 1750 g/mol. The first-order chi connectivity index (χ1) is 59.5. The second kappa shape index (κ2) is 44.0. The minimum absolute atomic E-state index is 0.738. The average molecular weight is 1860 g/mol. The average Bonchev–Trinajstić information content (AvgIpc) is 0.751. The minimum Gasteiger partial charge on any atom is -0.477 e. The number of aliphatic carboxylic acids is 2. The SMILES string of the molecule is CO[C@H]1O[C@H](CO[C@H]2O[C@H](CO)[C@@H](O)[C@H](O)[C@@H]2O[C@@H]2O[C@H](CO)[C@@H](O[C@@H]3O[C@H](CO[C@]4(C(=O)O)C[C@H](O)[C@@H](NC(C)=O)[C@H]([C@H](O)[C@H](O)CO)O4)[C@H](O)[C@H](O)[C@H]3O)[C@H](O)[C@]2(O)NC(C)=O)[C@@H](O)[C@H](O[C@H]2O[C@H](CO)[C@@H](O)[C@H](O)[C@@H]2O[C@@H]2O[C@H](CO)[C@@H](O[C@@H]3O[C@H](CO[C@]4(C(=O)O)C[C@H](O)[C@@H](NC(C)=O)[C@H]([C@H](O)[C@H](O)CO)O4)[C@H](O)[C@H](O)[C@H]3O)[C@H](O)[C@]2(O)NC(C)=O)[C@@H]1O. The number of ether oxygens (including phenoxy) is 18. The first-order valence-electron chi connectivity index (χ1n) is 39.5. The second-order valence-electron chi connectivity index (χ2n) is 31.7. The van der Waals surface area contributed by atoms with Gasteiger partial charge in [0.05, 0.1) is 83.8 Å². The van der Waals surface area contributed by atoms with Gasteiger partial charge < -0.3 is 260 Å². The van der Waals surface area contributed by atoms with Gasteiger partial charge in [-0.05, 0) is 0 Å². The maximum atomic E-state index is 13.1. The number of aliphatic hydroxyl groups is 28. The van der Waals surface area contributed by atoms with Crippen molar-refractivity contribution in [3.05, 3.63) is 0 Å². The number of hydrogen-bond donors (Lipinski definition) is 34. The van der Waals surface area contributed by atoms with Crippen LogP contribution in [0.25, 0.3) is 0 Å². The molecule has 34 N–H and O–H groups in total. The molecule has 47 atom stereocenters. The lowest BCUT2D eigenvalue weighted by molar-refractivity contribution is -0.417. The Hall–Kier alpha value is -5.02. The summed E-state index contributed by atoms with van der Waals surface area (Å²) in [7, 11) is 0.924. The van der Waals surface area contributed by atoms with Gasteiger partial charge in [-0.3, -0.25) is 19.2 Å². The summed E-state index contributed by atoms with van der Waals surface area (Å²) in [5.74, 6) is -14.6. The predicted octanol–water partition coefficient (Wildman–Crippen LogP) is -22.3. The highest BCUT2D eigenvalue weighted by molar-refractivity contribution is 5.78. The third kappa shape index (κ3) is 22.5. The summed E-state index contributed by atoms with van der Waals surface area (Å²) in [6, 6.07) is -3.36. The van der Waals surface area contributed by atoms with Crippen molar-refractivity contribution in [1.29, 1.82) is 0 Å². The Labute approximate surface area is 716 Å². The van der Waals surface area contributed by atoms with E-state index in [1.165, 1.54) is 0 Å². The minimum atomic E-state index is -3.52. The molecule has 4 amide bonds. The first-order valence-corrected chi connectivity index (χ1v) is 39.5. The number of carboxylic acid groups (broad SMARTS) is 2. The van der Waals surface area contributed by atoms with E-state index in [-0.39, 0.29) is 0 Å². The van der Waals surface area contributed by atoms with Gasteiger partial charge in [-0.25, -0.2) is 9.59 Å². The Morgan fingerprint density at radius 1 is 0.370 bits per heavy atom. The molecule has 0 spiro atoms. The zero-order chi connectivity index (χ0) is 94.6. The number of aliphatic hydroxyl groups excluding tert-OH is 26. The van der Waals surface area contributed by atoms with Crippen LogP contribution in [0.4, 0.5) is 0 Å². The molecule has 127 heavy (non-hydrogen) atoms. The van der Waals surface area contributed by atoms with Gasteiger partial charge >= 0.3 is 11.9 Å². The van der Waals surface area contributed by atoms with Crippen molar-refractivity contribution in [2.45, 2.75) is 327 Å². The van der Waals surface area contributed by atoms with Gasteiger partial charge in [-0.2, -0.15) is 0 Å². The number of carbonyl (C=O) groups excluding carboxylic acids is 4. The molecule has 0 aromatic heterocycles. The Morgan fingerprint density at radius 3 is 1.06 bits per heavy atom. The lowest BCUT2D eigenvalue weighted by Crippen LogP contribution is -2.76. The molecule has 0 radical (unpaired) electrons. The topological polar surface area (TPSA) is 924 Å². The number of amides is 4. The molecule has 0 aromatic rings. The monoisotopic (exact) mass is 1860 g/mol. The molecule has 58 heteroatoms.